The molecule has 0 spiro atoms. The molecule has 3 aromatic rings. The summed E-state index contributed by atoms with van der Waals surface area (Å²) in [6, 6.07) is 12.2. The highest BCUT2D eigenvalue weighted by Crippen LogP contribution is 2.33. The van der Waals surface area contributed by atoms with Crippen LogP contribution in [0.5, 0.6) is 5.75 Å². The molecule has 110 valence electrons. The fourth-order valence-corrected chi connectivity index (χ4v) is 2.76. The molecule has 6 heteroatoms. The van der Waals surface area contributed by atoms with Gasteiger partial charge in [0.1, 0.15) is 17.4 Å². The summed E-state index contributed by atoms with van der Waals surface area (Å²) in [7, 11) is 1.58. The Bertz CT molecular complexity index is 869. The minimum absolute atomic E-state index is 0.319. The maximum atomic E-state index is 13.3. The summed E-state index contributed by atoms with van der Waals surface area (Å²) in [4.78, 5) is 8.52. The van der Waals surface area contributed by atoms with Gasteiger partial charge in [0.2, 0.25) is 0 Å². The number of hydrogen-bond donors (Lipinski definition) is 1. The molecule has 4 nitrogen and oxygen atoms in total. The standard InChI is InChI=1S/C16H12FN3OS/c1-21-15-9-11(22-7-6-18)3-4-12(15)16-19-13-5-2-10(17)8-14(13)20-16/h2-5,8-9H,7H2,1H3,(H,19,20). The van der Waals surface area contributed by atoms with E-state index < -0.39 is 0 Å². The largest absolute Gasteiger partial charge is 0.496 e. The number of halogens is 1. The van der Waals surface area contributed by atoms with Crippen LogP contribution in [0.3, 0.4) is 0 Å². The van der Waals surface area contributed by atoms with E-state index in [1.807, 2.05) is 18.2 Å². The number of rotatable bonds is 4. The summed E-state index contributed by atoms with van der Waals surface area (Å²) in [5.41, 5.74) is 2.13. The van der Waals surface area contributed by atoms with Crippen LogP contribution in [0.15, 0.2) is 41.3 Å². The number of imidazole rings is 1. The minimum Gasteiger partial charge on any atom is -0.496 e. The van der Waals surface area contributed by atoms with Gasteiger partial charge in [0.25, 0.3) is 0 Å². The van der Waals surface area contributed by atoms with E-state index in [4.69, 9.17) is 10.00 Å². The lowest BCUT2D eigenvalue weighted by molar-refractivity contribution is 0.415. The Balaban J connectivity index is 2.03. The van der Waals surface area contributed by atoms with Crippen LogP contribution in [0, 0.1) is 17.1 Å². The van der Waals surface area contributed by atoms with Crippen molar-refractivity contribution in [2.24, 2.45) is 0 Å². The third-order valence-electron chi connectivity index (χ3n) is 3.18. The van der Waals surface area contributed by atoms with Gasteiger partial charge in [0.05, 0.1) is 35.5 Å². The molecule has 0 radical (unpaired) electrons. The number of aromatic amines is 1. The number of nitrogens with one attached hydrogen (secondary N) is 1. The van der Waals surface area contributed by atoms with Gasteiger partial charge in [-0.05, 0) is 30.3 Å². The summed E-state index contributed by atoms with van der Waals surface area (Å²) in [6.07, 6.45) is 0. The van der Waals surface area contributed by atoms with E-state index in [0.29, 0.717) is 22.8 Å². The number of thioether (sulfide) groups is 1. The Morgan fingerprint density at radius 1 is 1.32 bits per heavy atom. The van der Waals surface area contributed by atoms with Crippen molar-refractivity contribution in [3.05, 3.63) is 42.2 Å². The van der Waals surface area contributed by atoms with Crippen molar-refractivity contribution in [1.82, 2.24) is 9.97 Å². The summed E-state index contributed by atoms with van der Waals surface area (Å²) < 4.78 is 18.7. The van der Waals surface area contributed by atoms with Crippen LogP contribution in [-0.4, -0.2) is 22.8 Å². The molecular weight excluding hydrogens is 301 g/mol. The fraction of sp³-hybridized carbons (Fsp3) is 0.125. The first-order chi connectivity index (χ1) is 10.7. The van der Waals surface area contributed by atoms with Crippen LogP contribution in [0.1, 0.15) is 0 Å². The molecule has 0 saturated heterocycles. The Morgan fingerprint density at radius 3 is 2.95 bits per heavy atom. The summed E-state index contributed by atoms with van der Waals surface area (Å²) >= 11 is 1.44. The number of ether oxygens (including phenoxy) is 1. The second-order valence-electron chi connectivity index (χ2n) is 4.56. The number of nitriles is 1. The summed E-state index contributed by atoms with van der Waals surface area (Å²) in [5, 5.41) is 8.64. The molecule has 0 aliphatic heterocycles. The predicted molar refractivity (Wildman–Crippen MR) is 84.4 cm³/mol. The van der Waals surface area contributed by atoms with Crippen LogP contribution in [0.4, 0.5) is 4.39 Å². The Kier molecular flexibility index (Phi) is 3.98. The van der Waals surface area contributed by atoms with Crippen LogP contribution in [0.25, 0.3) is 22.4 Å². The first-order valence-electron chi connectivity index (χ1n) is 6.54. The molecule has 0 amide bonds. The SMILES string of the molecule is COc1cc(SCC#N)ccc1-c1nc2cc(F)ccc2[nH]1. The number of hydrogen-bond acceptors (Lipinski definition) is 4. The monoisotopic (exact) mass is 313 g/mol. The molecule has 0 bridgehead atoms. The number of fused-ring (bicyclic) bond motifs is 1. The summed E-state index contributed by atoms with van der Waals surface area (Å²) in [5.74, 6) is 1.34. The van der Waals surface area contributed by atoms with Crippen LogP contribution < -0.4 is 4.74 Å². The normalized spacial score (nSPS) is 10.6. The van der Waals surface area contributed by atoms with Crippen molar-refractivity contribution in [3.63, 3.8) is 0 Å². The fourth-order valence-electron chi connectivity index (χ4n) is 2.18. The highest BCUT2D eigenvalue weighted by atomic mass is 32.2. The number of methoxy groups -OCH3 is 1. The third-order valence-corrected chi connectivity index (χ3v) is 4.04. The van der Waals surface area contributed by atoms with Gasteiger partial charge < -0.3 is 9.72 Å². The zero-order chi connectivity index (χ0) is 15.5. The topological polar surface area (TPSA) is 61.7 Å². The van der Waals surface area contributed by atoms with Crippen LogP contribution in [-0.2, 0) is 0 Å². The molecule has 2 aromatic carbocycles. The first-order valence-corrected chi connectivity index (χ1v) is 7.53. The van der Waals surface area contributed by atoms with Crippen LogP contribution >= 0.6 is 11.8 Å². The zero-order valence-corrected chi connectivity index (χ0v) is 12.6. The van der Waals surface area contributed by atoms with Gasteiger partial charge in [-0.1, -0.05) is 0 Å². The smallest absolute Gasteiger partial charge is 0.142 e. The van der Waals surface area contributed by atoms with Crippen molar-refractivity contribution in [2.75, 3.05) is 12.9 Å². The second-order valence-corrected chi connectivity index (χ2v) is 5.60. The molecule has 0 aliphatic rings. The molecule has 0 atom stereocenters. The molecule has 3 rings (SSSR count). The van der Waals surface area contributed by atoms with Gasteiger partial charge >= 0.3 is 0 Å². The Morgan fingerprint density at radius 2 is 2.18 bits per heavy atom. The molecule has 0 unspecified atom stereocenters. The average molecular weight is 313 g/mol. The number of nitrogens with zero attached hydrogens (tertiary/aromatic N) is 2. The third kappa shape index (κ3) is 2.76. The molecule has 0 saturated carbocycles. The maximum Gasteiger partial charge on any atom is 0.142 e. The minimum atomic E-state index is -0.319. The van der Waals surface area contributed by atoms with Crippen molar-refractivity contribution < 1.29 is 9.13 Å². The van der Waals surface area contributed by atoms with Gasteiger partial charge in [-0.15, -0.1) is 11.8 Å². The van der Waals surface area contributed by atoms with Gasteiger partial charge in [-0.2, -0.15) is 5.26 Å². The van der Waals surface area contributed by atoms with Crippen molar-refractivity contribution in [3.8, 4) is 23.2 Å². The molecule has 0 aliphatic carbocycles. The Hall–Kier alpha value is -2.52. The molecule has 0 fully saturated rings. The van der Waals surface area contributed by atoms with E-state index in [2.05, 4.69) is 16.0 Å². The van der Waals surface area contributed by atoms with Gasteiger partial charge in [-0.25, -0.2) is 9.37 Å². The first kappa shape index (κ1) is 14.4. The van der Waals surface area contributed by atoms with Gasteiger partial charge in [0.15, 0.2) is 0 Å². The molecular formula is C16H12FN3OS. The van der Waals surface area contributed by atoms with Crippen molar-refractivity contribution >= 4 is 22.8 Å². The lowest BCUT2D eigenvalue weighted by Crippen LogP contribution is -1.90. The lowest BCUT2D eigenvalue weighted by Gasteiger charge is -2.08. The quantitative estimate of drug-likeness (QED) is 0.740. The van der Waals surface area contributed by atoms with Crippen molar-refractivity contribution in [1.29, 1.82) is 5.26 Å². The van der Waals surface area contributed by atoms with Gasteiger partial charge in [0, 0.05) is 11.0 Å². The van der Waals surface area contributed by atoms with E-state index >= 15 is 0 Å². The summed E-state index contributed by atoms with van der Waals surface area (Å²) in [6.45, 7) is 0. The Labute approximate surface area is 130 Å². The number of aromatic nitrogens is 2. The van der Waals surface area contributed by atoms with Crippen molar-refractivity contribution in [2.45, 2.75) is 4.90 Å². The second kappa shape index (κ2) is 6.08. The average Bonchev–Trinajstić information content (AvgIpc) is 2.95. The number of benzene rings is 2. The zero-order valence-electron chi connectivity index (χ0n) is 11.8. The van der Waals surface area contributed by atoms with E-state index in [-0.39, 0.29) is 5.82 Å². The maximum absolute atomic E-state index is 13.3. The predicted octanol–water partition coefficient (Wildman–Crippen LogP) is 3.99. The molecule has 1 heterocycles. The number of H-pyrrole nitrogens is 1. The van der Waals surface area contributed by atoms with E-state index in [9.17, 15) is 4.39 Å². The molecule has 1 N–H and O–H groups in total. The lowest BCUT2D eigenvalue weighted by atomic mass is 10.2. The van der Waals surface area contributed by atoms with Gasteiger partial charge in [-0.3, -0.25) is 0 Å². The highest BCUT2D eigenvalue weighted by Gasteiger charge is 2.12. The van der Waals surface area contributed by atoms with Crippen LogP contribution in [0.2, 0.25) is 0 Å². The van der Waals surface area contributed by atoms with E-state index in [1.54, 1.807) is 13.2 Å². The highest BCUT2D eigenvalue weighted by molar-refractivity contribution is 7.99. The molecule has 1 aromatic heterocycles. The van der Waals surface area contributed by atoms with E-state index in [0.717, 1.165) is 16.0 Å². The molecule has 22 heavy (non-hydrogen) atoms. The van der Waals surface area contributed by atoms with E-state index in [1.165, 1.54) is 23.9 Å².